The van der Waals surface area contributed by atoms with Crippen molar-refractivity contribution in [2.45, 2.75) is 39.5 Å². The van der Waals surface area contributed by atoms with Crippen molar-refractivity contribution >= 4 is 27.7 Å². The van der Waals surface area contributed by atoms with Gasteiger partial charge in [0.2, 0.25) is 0 Å². The number of halogens is 1. The van der Waals surface area contributed by atoms with Crippen LogP contribution in [0.1, 0.15) is 48.2 Å². The summed E-state index contributed by atoms with van der Waals surface area (Å²) in [4.78, 5) is 23.0. The highest BCUT2D eigenvalue weighted by molar-refractivity contribution is 9.10. The number of hydrogen-bond acceptors (Lipinski definition) is 6. The van der Waals surface area contributed by atoms with Gasteiger partial charge in [0.1, 0.15) is 17.2 Å². The van der Waals surface area contributed by atoms with Crippen LogP contribution >= 0.6 is 15.9 Å². The zero-order valence-electron chi connectivity index (χ0n) is 17.5. The average molecular weight is 479 g/mol. The maximum absolute atomic E-state index is 11.6. The Morgan fingerprint density at radius 1 is 1.07 bits per heavy atom. The van der Waals surface area contributed by atoms with E-state index in [1.807, 2.05) is 19.1 Å². The molecule has 1 N–H and O–H groups in total. The number of benzene rings is 2. The predicted octanol–water partition coefficient (Wildman–Crippen LogP) is 4.87. The van der Waals surface area contributed by atoms with Crippen molar-refractivity contribution in [2.24, 2.45) is 0 Å². The summed E-state index contributed by atoms with van der Waals surface area (Å²) in [6.07, 6.45) is 2.30. The van der Waals surface area contributed by atoms with Gasteiger partial charge in [-0.3, -0.25) is 9.59 Å². The third-order valence-corrected chi connectivity index (χ3v) is 5.12. The second-order valence-electron chi connectivity index (χ2n) is 6.81. The monoisotopic (exact) mass is 478 g/mol. The van der Waals surface area contributed by atoms with Crippen molar-refractivity contribution in [3.05, 3.63) is 51.5 Å². The van der Waals surface area contributed by atoms with Gasteiger partial charge in [0, 0.05) is 12.0 Å². The van der Waals surface area contributed by atoms with Crippen molar-refractivity contribution in [1.82, 2.24) is 0 Å². The molecule has 7 heteroatoms. The van der Waals surface area contributed by atoms with Crippen LogP contribution in [0, 0.1) is 0 Å². The maximum Gasteiger partial charge on any atom is 0.309 e. The molecule has 30 heavy (non-hydrogen) atoms. The number of Topliss-reactive ketones (excluding diaryl/α,β-unsaturated/α-hetero) is 1. The third-order valence-electron chi connectivity index (χ3n) is 4.50. The van der Waals surface area contributed by atoms with Crippen molar-refractivity contribution in [3.63, 3.8) is 0 Å². The quantitative estimate of drug-likeness (QED) is 0.281. The lowest BCUT2D eigenvalue weighted by Crippen LogP contribution is -2.08. The van der Waals surface area contributed by atoms with Crippen LogP contribution in [0.15, 0.2) is 34.8 Å². The number of rotatable bonds is 11. The molecule has 0 saturated heterocycles. The Bertz CT molecular complexity index is 894. The molecule has 0 spiro atoms. The minimum Gasteiger partial charge on any atom is -0.507 e. The number of phenolic OH excluding ortho intramolecular Hbond substituents is 1. The lowest BCUT2D eigenvalue weighted by Gasteiger charge is -2.15. The fourth-order valence-corrected chi connectivity index (χ4v) is 3.50. The molecule has 6 nitrogen and oxygen atoms in total. The predicted molar refractivity (Wildman–Crippen MR) is 118 cm³/mol. The fourth-order valence-electron chi connectivity index (χ4n) is 2.96. The number of aromatic hydroxyl groups is 1. The standard InChI is InChI=1S/C23H27BrO6/c1-4-6-18-20(10-8-17(15(2)25)23(18)27)29-11-5-12-30-21-9-7-16(13-19(21)24)14-22(26)28-3/h7-10,13,27H,4-6,11-12,14H2,1-3H3. The molecule has 0 fully saturated rings. The first-order valence-electron chi connectivity index (χ1n) is 9.84. The highest BCUT2D eigenvalue weighted by Gasteiger charge is 2.16. The van der Waals surface area contributed by atoms with Crippen LogP contribution in [0.2, 0.25) is 0 Å². The number of phenols is 1. The molecule has 0 radical (unpaired) electrons. The van der Waals surface area contributed by atoms with Gasteiger partial charge in [-0.15, -0.1) is 0 Å². The summed E-state index contributed by atoms with van der Waals surface area (Å²) in [7, 11) is 1.36. The molecular formula is C23H27BrO6. The number of methoxy groups -OCH3 is 1. The minimum atomic E-state index is -0.294. The molecule has 0 aliphatic heterocycles. The van der Waals surface area contributed by atoms with E-state index < -0.39 is 0 Å². The summed E-state index contributed by atoms with van der Waals surface area (Å²) >= 11 is 3.45. The first kappa shape index (κ1) is 23.7. The summed E-state index contributed by atoms with van der Waals surface area (Å²) in [5.41, 5.74) is 1.81. The molecule has 0 saturated carbocycles. The van der Waals surface area contributed by atoms with Crippen molar-refractivity contribution < 1.29 is 28.9 Å². The van der Waals surface area contributed by atoms with E-state index in [2.05, 4.69) is 20.7 Å². The second-order valence-corrected chi connectivity index (χ2v) is 7.67. The molecule has 0 aromatic heterocycles. The average Bonchev–Trinajstić information content (AvgIpc) is 2.71. The Balaban J connectivity index is 1.89. The number of ether oxygens (including phenoxy) is 3. The first-order chi connectivity index (χ1) is 14.4. The van der Waals surface area contributed by atoms with Gasteiger partial charge in [-0.2, -0.15) is 0 Å². The smallest absolute Gasteiger partial charge is 0.309 e. The van der Waals surface area contributed by atoms with E-state index in [0.717, 1.165) is 16.5 Å². The fraction of sp³-hybridized carbons (Fsp3) is 0.391. The van der Waals surface area contributed by atoms with Gasteiger partial charge < -0.3 is 19.3 Å². The molecule has 2 aromatic rings. The summed E-state index contributed by atoms with van der Waals surface area (Å²) in [5.74, 6) is 0.811. The van der Waals surface area contributed by atoms with Gasteiger partial charge in [-0.1, -0.05) is 19.4 Å². The van der Waals surface area contributed by atoms with E-state index in [0.29, 0.717) is 48.7 Å². The molecule has 0 aliphatic rings. The van der Waals surface area contributed by atoms with E-state index in [-0.39, 0.29) is 23.9 Å². The summed E-state index contributed by atoms with van der Waals surface area (Å²) in [6.45, 7) is 4.29. The second kappa shape index (κ2) is 11.6. The van der Waals surface area contributed by atoms with Gasteiger partial charge in [-0.05, 0) is 59.1 Å². The van der Waals surface area contributed by atoms with Crippen LogP contribution in [0.5, 0.6) is 17.2 Å². The maximum atomic E-state index is 11.6. The molecule has 0 heterocycles. The van der Waals surface area contributed by atoms with Gasteiger partial charge >= 0.3 is 5.97 Å². The molecule has 0 unspecified atom stereocenters. The van der Waals surface area contributed by atoms with Gasteiger partial charge in [0.05, 0.1) is 36.8 Å². The highest BCUT2D eigenvalue weighted by atomic mass is 79.9. The first-order valence-corrected chi connectivity index (χ1v) is 10.6. The molecule has 0 aliphatic carbocycles. The van der Waals surface area contributed by atoms with Crippen LogP contribution in [0.3, 0.4) is 0 Å². The number of esters is 1. The lowest BCUT2D eigenvalue weighted by atomic mass is 10.0. The molecular weight excluding hydrogens is 452 g/mol. The van der Waals surface area contributed by atoms with Crippen molar-refractivity contribution in [1.29, 1.82) is 0 Å². The topological polar surface area (TPSA) is 82.1 Å². The third kappa shape index (κ3) is 6.49. The Kier molecular flexibility index (Phi) is 9.17. The molecule has 2 aromatic carbocycles. The Morgan fingerprint density at radius 2 is 1.73 bits per heavy atom. The Labute approximate surface area is 185 Å². The molecule has 162 valence electrons. The van der Waals surface area contributed by atoms with E-state index in [4.69, 9.17) is 9.47 Å². The Hall–Kier alpha value is -2.54. The summed E-state index contributed by atoms with van der Waals surface area (Å²) in [5, 5.41) is 10.4. The molecule has 0 bridgehead atoms. The van der Waals surface area contributed by atoms with E-state index in [1.165, 1.54) is 14.0 Å². The zero-order valence-corrected chi connectivity index (χ0v) is 19.1. The lowest BCUT2D eigenvalue weighted by molar-refractivity contribution is -0.139. The van der Waals surface area contributed by atoms with Crippen LogP contribution in [-0.4, -0.2) is 37.2 Å². The van der Waals surface area contributed by atoms with Gasteiger partial charge in [0.15, 0.2) is 5.78 Å². The number of carbonyl (C=O) groups excluding carboxylic acids is 2. The van der Waals surface area contributed by atoms with Crippen molar-refractivity contribution in [3.8, 4) is 17.2 Å². The summed E-state index contributed by atoms with van der Waals surface area (Å²) in [6, 6.07) is 8.79. The van der Waals surface area contributed by atoms with Crippen LogP contribution < -0.4 is 9.47 Å². The van der Waals surface area contributed by atoms with E-state index in [9.17, 15) is 14.7 Å². The highest BCUT2D eigenvalue weighted by Crippen LogP contribution is 2.33. The molecule has 0 amide bonds. The largest absolute Gasteiger partial charge is 0.507 e. The normalized spacial score (nSPS) is 10.5. The van der Waals surface area contributed by atoms with Crippen LogP contribution in [-0.2, 0) is 22.4 Å². The van der Waals surface area contributed by atoms with E-state index in [1.54, 1.807) is 18.2 Å². The number of ketones is 1. The minimum absolute atomic E-state index is 0.00840. The SMILES string of the molecule is CCCc1c(OCCCOc2ccc(CC(=O)OC)cc2Br)ccc(C(C)=O)c1O. The van der Waals surface area contributed by atoms with Crippen molar-refractivity contribution in [2.75, 3.05) is 20.3 Å². The zero-order chi connectivity index (χ0) is 22.1. The van der Waals surface area contributed by atoms with E-state index >= 15 is 0 Å². The molecule has 0 atom stereocenters. The van der Waals surface area contributed by atoms with Gasteiger partial charge in [-0.25, -0.2) is 0 Å². The van der Waals surface area contributed by atoms with Crippen LogP contribution in [0.4, 0.5) is 0 Å². The number of carbonyl (C=O) groups is 2. The van der Waals surface area contributed by atoms with Crippen LogP contribution in [0.25, 0.3) is 0 Å². The Morgan fingerprint density at radius 3 is 2.33 bits per heavy atom. The summed E-state index contributed by atoms with van der Waals surface area (Å²) < 4.78 is 17.0. The number of hydrogen-bond donors (Lipinski definition) is 1. The molecule has 2 rings (SSSR count). The van der Waals surface area contributed by atoms with Gasteiger partial charge in [0.25, 0.3) is 0 Å².